The first kappa shape index (κ1) is 18.3. The van der Waals surface area contributed by atoms with Crippen LogP contribution >= 0.6 is 12.4 Å². The summed E-state index contributed by atoms with van der Waals surface area (Å²) in [6, 6.07) is 15.5. The summed E-state index contributed by atoms with van der Waals surface area (Å²) in [5.74, 6) is -0.106. The monoisotopic (exact) mass is 321 g/mol. The number of phenolic OH excluding ortho intramolecular Hbond substituents is 2. The molecule has 0 bridgehead atoms. The van der Waals surface area contributed by atoms with Crippen LogP contribution < -0.4 is 0 Å². The Bertz CT molecular complexity index is 560. The highest BCUT2D eigenvalue weighted by atomic mass is 35.5. The zero-order valence-electron chi connectivity index (χ0n) is 12.9. The molecular formula is C18H24ClNO2. The summed E-state index contributed by atoms with van der Waals surface area (Å²) in [4.78, 5) is 2.42. The van der Waals surface area contributed by atoms with Gasteiger partial charge in [-0.15, -0.1) is 12.4 Å². The molecule has 0 radical (unpaired) electrons. The normalized spacial score (nSPS) is 10.5. The van der Waals surface area contributed by atoms with Gasteiger partial charge < -0.3 is 10.2 Å². The molecule has 0 amide bonds. The van der Waals surface area contributed by atoms with E-state index in [0.29, 0.717) is 0 Å². The van der Waals surface area contributed by atoms with E-state index in [-0.39, 0.29) is 23.9 Å². The molecular weight excluding hydrogens is 298 g/mol. The van der Waals surface area contributed by atoms with E-state index in [0.717, 1.165) is 38.0 Å². The Balaban J connectivity index is 0.00000242. The van der Waals surface area contributed by atoms with Gasteiger partial charge in [0.15, 0.2) is 11.5 Å². The van der Waals surface area contributed by atoms with Crippen molar-refractivity contribution in [1.82, 2.24) is 4.90 Å². The molecule has 2 aromatic rings. The molecule has 0 saturated carbocycles. The molecule has 2 aromatic carbocycles. The Kier molecular flexibility index (Phi) is 7.78. The predicted molar refractivity (Wildman–Crippen MR) is 92.7 cm³/mol. The van der Waals surface area contributed by atoms with Crippen LogP contribution in [0.25, 0.3) is 0 Å². The van der Waals surface area contributed by atoms with Crippen LogP contribution in [0.4, 0.5) is 0 Å². The second kappa shape index (κ2) is 9.34. The molecule has 0 aliphatic rings. The van der Waals surface area contributed by atoms with Crippen molar-refractivity contribution in [1.29, 1.82) is 0 Å². The lowest BCUT2D eigenvalue weighted by atomic mass is 10.1. The standard InChI is InChI=1S/C18H23NO2.ClH/c1-2-11-19(14-16-6-4-3-5-7-16)12-10-15-8-9-17(20)18(21)13-15;/h3-9,13,20-21H,2,10-12,14H2,1H3;1H. The molecule has 0 saturated heterocycles. The quantitative estimate of drug-likeness (QED) is 0.758. The molecule has 2 rings (SSSR count). The first-order chi connectivity index (χ1) is 10.2. The Morgan fingerprint density at radius 1 is 0.864 bits per heavy atom. The van der Waals surface area contributed by atoms with Crippen LogP contribution in [-0.4, -0.2) is 28.2 Å². The van der Waals surface area contributed by atoms with Gasteiger partial charge in [0.25, 0.3) is 0 Å². The van der Waals surface area contributed by atoms with Crippen LogP contribution in [0.2, 0.25) is 0 Å². The molecule has 0 unspecified atom stereocenters. The van der Waals surface area contributed by atoms with E-state index >= 15 is 0 Å². The minimum Gasteiger partial charge on any atom is -0.504 e. The number of nitrogens with zero attached hydrogens (tertiary/aromatic N) is 1. The zero-order valence-corrected chi connectivity index (χ0v) is 13.7. The van der Waals surface area contributed by atoms with Gasteiger partial charge in [-0.25, -0.2) is 0 Å². The van der Waals surface area contributed by atoms with Crippen molar-refractivity contribution in [2.45, 2.75) is 26.3 Å². The summed E-state index contributed by atoms with van der Waals surface area (Å²) in [6.45, 7) is 5.12. The van der Waals surface area contributed by atoms with Crippen molar-refractivity contribution in [3.8, 4) is 11.5 Å². The zero-order chi connectivity index (χ0) is 15.1. The number of benzene rings is 2. The molecule has 2 N–H and O–H groups in total. The summed E-state index contributed by atoms with van der Waals surface area (Å²) in [6.07, 6.45) is 1.98. The van der Waals surface area contributed by atoms with Crippen LogP contribution in [0, 0.1) is 0 Å². The van der Waals surface area contributed by atoms with Gasteiger partial charge in [-0.05, 0) is 42.6 Å². The van der Waals surface area contributed by atoms with E-state index in [1.54, 1.807) is 12.1 Å². The lowest BCUT2D eigenvalue weighted by Crippen LogP contribution is -2.26. The van der Waals surface area contributed by atoms with Crippen LogP contribution in [0.3, 0.4) is 0 Å². The van der Waals surface area contributed by atoms with Crippen molar-refractivity contribution >= 4 is 12.4 Å². The second-order valence-corrected chi connectivity index (χ2v) is 5.33. The van der Waals surface area contributed by atoms with Crippen molar-refractivity contribution in [3.63, 3.8) is 0 Å². The van der Waals surface area contributed by atoms with Crippen molar-refractivity contribution < 1.29 is 10.2 Å². The van der Waals surface area contributed by atoms with Gasteiger partial charge in [0.2, 0.25) is 0 Å². The van der Waals surface area contributed by atoms with Gasteiger partial charge in [-0.2, -0.15) is 0 Å². The molecule has 0 aliphatic heterocycles. The van der Waals surface area contributed by atoms with Crippen LogP contribution in [0.15, 0.2) is 48.5 Å². The van der Waals surface area contributed by atoms with Gasteiger partial charge in [-0.1, -0.05) is 43.3 Å². The van der Waals surface area contributed by atoms with E-state index < -0.39 is 0 Å². The fourth-order valence-corrected chi connectivity index (χ4v) is 2.44. The smallest absolute Gasteiger partial charge is 0.157 e. The number of phenols is 2. The van der Waals surface area contributed by atoms with E-state index in [4.69, 9.17) is 0 Å². The van der Waals surface area contributed by atoms with Crippen LogP contribution in [-0.2, 0) is 13.0 Å². The summed E-state index contributed by atoms with van der Waals surface area (Å²) < 4.78 is 0. The van der Waals surface area contributed by atoms with Crippen LogP contribution in [0.5, 0.6) is 11.5 Å². The Morgan fingerprint density at radius 2 is 1.59 bits per heavy atom. The number of hydrogen-bond acceptors (Lipinski definition) is 3. The Hall–Kier alpha value is -1.71. The lowest BCUT2D eigenvalue weighted by Gasteiger charge is -2.22. The third-order valence-electron chi connectivity index (χ3n) is 3.55. The first-order valence-electron chi connectivity index (χ1n) is 7.46. The summed E-state index contributed by atoms with van der Waals surface area (Å²) in [5.41, 5.74) is 2.36. The Labute approximate surface area is 138 Å². The average molecular weight is 322 g/mol. The second-order valence-electron chi connectivity index (χ2n) is 5.33. The number of aromatic hydroxyl groups is 2. The maximum absolute atomic E-state index is 9.54. The minimum atomic E-state index is -0.0616. The SMILES string of the molecule is CCCN(CCc1ccc(O)c(O)c1)Cc1ccccc1.Cl. The van der Waals surface area contributed by atoms with Gasteiger partial charge in [0.05, 0.1) is 0 Å². The van der Waals surface area contributed by atoms with Crippen molar-refractivity contribution in [2.75, 3.05) is 13.1 Å². The molecule has 0 aliphatic carbocycles. The predicted octanol–water partition coefficient (Wildman–Crippen LogP) is 3.97. The topological polar surface area (TPSA) is 43.7 Å². The van der Waals surface area contributed by atoms with E-state index in [2.05, 4.69) is 36.1 Å². The van der Waals surface area contributed by atoms with Gasteiger partial charge >= 0.3 is 0 Å². The van der Waals surface area contributed by atoms with E-state index in [9.17, 15) is 10.2 Å². The highest BCUT2D eigenvalue weighted by molar-refractivity contribution is 5.85. The lowest BCUT2D eigenvalue weighted by molar-refractivity contribution is 0.269. The fraction of sp³-hybridized carbons (Fsp3) is 0.333. The first-order valence-corrected chi connectivity index (χ1v) is 7.46. The van der Waals surface area contributed by atoms with Gasteiger partial charge in [0.1, 0.15) is 0 Å². The number of hydrogen-bond donors (Lipinski definition) is 2. The summed E-state index contributed by atoms with van der Waals surface area (Å²) in [7, 11) is 0. The number of halogens is 1. The van der Waals surface area contributed by atoms with E-state index in [1.807, 2.05) is 12.1 Å². The maximum Gasteiger partial charge on any atom is 0.157 e. The maximum atomic E-state index is 9.54. The molecule has 0 spiro atoms. The van der Waals surface area contributed by atoms with Crippen LogP contribution in [0.1, 0.15) is 24.5 Å². The van der Waals surface area contributed by atoms with E-state index in [1.165, 1.54) is 5.56 Å². The van der Waals surface area contributed by atoms with Gasteiger partial charge in [-0.3, -0.25) is 4.90 Å². The molecule has 3 nitrogen and oxygen atoms in total. The van der Waals surface area contributed by atoms with Crippen molar-refractivity contribution in [3.05, 3.63) is 59.7 Å². The minimum absolute atomic E-state index is 0. The fourth-order valence-electron chi connectivity index (χ4n) is 2.44. The molecule has 0 atom stereocenters. The highest BCUT2D eigenvalue weighted by Crippen LogP contribution is 2.25. The molecule has 120 valence electrons. The summed E-state index contributed by atoms with van der Waals surface area (Å²) in [5, 5.41) is 18.9. The molecule has 22 heavy (non-hydrogen) atoms. The third-order valence-corrected chi connectivity index (χ3v) is 3.55. The number of rotatable bonds is 7. The van der Waals surface area contributed by atoms with Crippen molar-refractivity contribution in [2.24, 2.45) is 0 Å². The molecule has 0 heterocycles. The Morgan fingerprint density at radius 3 is 2.23 bits per heavy atom. The summed E-state index contributed by atoms with van der Waals surface area (Å²) >= 11 is 0. The molecule has 0 aromatic heterocycles. The molecule has 0 fully saturated rings. The molecule has 4 heteroatoms. The average Bonchev–Trinajstić information content (AvgIpc) is 2.49. The largest absolute Gasteiger partial charge is 0.504 e. The highest BCUT2D eigenvalue weighted by Gasteiger charge is 2.07. The third kappa shape index (κ3) is 5.58. The van der Waals surface area contributed by atoms with Gasteiger partial charge in [0, 0.05) is 13.1 Å².